The highest BCUT2D eigenvalue weighted by Gasteiger charge is 2.11. The highest BCUT2D eigenvalue weighted by atomic mass is 35.5. The third-order valence-electron chi connectivity index (χ3n) is 4.27. The summed E-state index contributed by atoms with van der Waals surface area (Å²) in [5.41, 5.74) is 3.68. The highest BCUT2D eigenvalue weighted by Crippen LogP contribution is 2.27. The number of oxazole rings is 1. The molecule has 0 fully saturated rings. The van der Waals surface area contributed by atoms with Crippen molar-refractivity contribution < 1.29 is 13.9 Å². The van der Waals surface area contributed by atoms with E-state index in [0.29, 0.717) is 27.7 Å². The number of methoxy groups -OCH3 is 1. The van der Waals surface area contributed by atoms with Crippen molar-refractivity contribution in [2.75, 3.05) is 12.4 Å². The number of ether oxygens (including phenoxy) is 1. The van der Waals surface area contributed by atoms with Crippen molar-refractivity contribution >= 4 is 34.3 Å². The van der Waals surface area contributed by atoms with Crippen LogP contribution in [0, 0.1) is 0 Å². The summed E-state index contributed by atoms with van der Waals surface area (Å²) < 4.78 is 10.9. The Morgan fingerprint density at radius 3 is 2.68 bits per heavy atom. The van der Waals surface area contributed by atoms with Crippen LogP contribution in [0.3, 0.4) is 0 Å². The van der Waals surface area contributed by atoms with Gasteiger partial charge >= 0.3 is 0 Å². The molecule has 0 spiro atoms. The maximum atomic E-state index is 12.3. The van der Waals surface area contributed by atoms with Gasteiger partial charge in [-0.15, -0.1) is 0 Å². The fourth-order valence-electron chi connectivity index (χ4n) is 2.88. The van der Waals surface area contributed by atoms with Crippen LogP contribution < -0.4 is 10.1 Å². The molecule has 4 aromatic rings. The standard InChI is InChI=1S/C22H17ClN2O3/c1-27-18-8-5-14(6-9-18)11-21(26)24-17-7-10-20-19(13-17)25-22(28-20)15-3-2-4-16(23)12-15/h2-10,12-13H,11H2,1H3,(H,24,26). The van der Waals surface area contributed by atoms with E-state index in [-0.39, 0.29) is 12.3 Å². The smallest absolute Gasteiger partial charge is 0.228 e. The summed E-state index contributed by atoms with van der Waals surface area (Å²) in [5, 5.41) is 3.51. The lowest BCUT2D eigenvalue weighted by molar-refractivity contribution is -0.115. The Morgan fingerprint density at radius 2 is 1.93 bits per heavy atom. The first-order valence-electron chi connectivity index (χ1n) is 8.70. The van der Waals surface area contributed by atoms with E-state index >= 15 is 0 Å². The van der Waals surface area contributed by atoms with Crippen LogP contribution >= 0.6 is 11.6 Å². The molecule has 0 aliphatic heterocycles. The number of aromatic nitrogens is 1. The number of fused-ring (bicyclic) bond motifs is 1. The lowest BCUT2D eigenvalue weighted by atomic mass is 10.1. The van der Waals surface area contributed by atoms with Crippen molar-refractivity contribution in [2.45, 2.75) is 6.42 Å². The average molecular weight is 393 g/mol. The first-order chi connectivity index (χ1) is 13.6. The summed E-state index contributed by atoms with van der Waals surface area (Å²) in [4.78, 5) is 16.8. The molecule has 1 heterocycles. The molecule has 0 aliphatic rings. The van der Waals surface area contributed by atoms with Crippen LogP contribution in [0.4, 0.5) is 5.69 Å². The molecular weight excluding hydrogens is 376 g/mol. The quantitative estimate of drug-likeness (QED) is 0.498. The zero-order chi connectivity index (χ0) is 19.5. The Kier molecular flexibility index (Phi) is 5.00. The van der Waals surface area contributed by atoms with Crippen LogP contribution in [-0.2, 0) is 11.2 Å². The van der Waals surface area contributed by atoms with Gasteiger partial charge in [-0.3, -0.25) is 4.79 Å². The number of halogens is 1. The number of carbonyl (C=O) groups is 1. The number of benzene rings is 3. The van der Waals surface area contributed by atoms with Gasteiger partial charge in [0.1, 0.15) is 11.3 Å². The molecule has 0 radical (unpaired) electrons. The molecule has 1 amide bonds. The molecule has 140 valence electrons. The molecule has 3 aromatic carbocycles. The Morgan fingerprint density at radius 1 is 1.11 bits per heavy atom. The number of rotatable bonds is 5. The summed E-state index contributed by atoms with van der Waals surface area (Å²) in [5.74, 6) is 1.14. The van der Waals surface area contributed by atoms with Crippen molar-refractivity contribution in [3.05, 3.63) is 77.3 Å². The van der Waals surface area contributed by atoms with Crippen molar-refractivity contribution in [1.82, 2.24) is 4.98 Å². The minimum atomic E-state index is -0.108. The van der Waals surface area contributed by atoms with Crippen LogP contribution in [0.2, 0.25) is 5.02 Å². The summed E-state index contributed by atoms with van der Waals surface area (Å²) in [6.45, 7) is 0. The predicted octanol–water partition coefficient (Wildman–Crippen LogP) is 5.34. The Bertz CT molecular complexity index is 1140. The Balaban J connectivity index is 1.50. The van der Waals surface area contributed by atoms with E-state index in [0.717, 1.165) is 16.9 Å². The van der Waals surface area contributed by atoms with Gasteiger partial charge in [-0.1, -0.05) is 29.8 Å². The highest BCUT2D eigenvalue weighted by molar-refractivity contribution is 6.30. The third-order valence-corrected chi connectivity index (χ3v) is 4.50. The van der Waals surface area contributed by atoms with Gasteiger partial charge in [0.2, 0.25) is 11.8 Å². The molecular formula is C22H17ClN2O3. The normalized spacial score (nSPS) is 10.8. The van der Waals surface area contributed by atoms with Crippen molar-refractivity contribution in [1.29, 1.82) is 0 Å². The molecule has 0 saturated carbocycles. The molecule has 6 heteroatoms. The van der Waals surface area contributed by atoms with E-state index in [1.165, 1.54) is 0 Å². The van der Waals surface area contributed by atoms with E-state index in [1.807, 2.05) is 36.4 Å². The van der Waals surface area contributed by atoms with Crippen LogP contribution in [0.15, 0.2) is 71.1 Å². The maximum absolute atomic E-state index is 12.3. The lowest BCUT2D eigenvalue weighted by Gasteiger charge is -2.06. The second-order valence-corrected chi connectivity index (χ2v) is 6.72. The van der Waals surface area contributed by atoms with E-state index in [2.05, 4.69) is 10.3 Å². The van der Waals surface area contributed by atoms with Crippen LogP contribution in [-0.4, -0.2) is 18.0 Å². The molecule has 5 nitrogen and oxygen atoms in total. The van der Waals surface area contributed by atoms with E-state index in [9.17, 15) is 4.79 Å². The van der Waals surface area contributed by atoms with Gasteiger partial charge < -0.3 is 14.5 Å². The number of nitrogens with zero attached hydrogens (tertiary/aromatic N) is 1. The van der Waals surface area contributed by atoms with Gasteiger partial charge in [0.25, 0.3) is 0 Å². The van der Waals surface area contributed by atoms with Crippen molar-refractivity contribution in [3.63, 3.8) is 0 Å². The lowest BCUT2D eigenvalue weighted by Crippen LogP contribution is -2.14. The van der Waals surface area contributed by atoms with Crippen molar-refractivity contribution in [2.24, 2.45) is 0 Å². The predicted molar refractivity (Wildman–Crippen MR) is 110 cm³/mol. The first-order valence-corrected chi connectivity index (χ1v) is 9.08. The summed E-state index contributed by atoms with van der Waals surface area (Å²) in [6, 6.07) is 20.1. The van der Waals surface area contributed by atoms with Gasteiger partial charge in [0.05, 0.1) is 13.5 Å². The third kappa shape index (κ3) is 4.00. The zero-order valence-electron chi connectivity index (χ0n) is 15.1. The fraction of sp³-hybridized carbons (Fsp3) is 0.0909. The number of amides is 1. The topological polar surface area (TPSA) is 64.4 Å². The SMILES string of the molecule is COc1ccc(CC(=O)Nc2ccc3oc(-c4cccc(Cl)c4)nc3c2)cc1. The minimum Gasteiger partial charge on any atom is -0.497 e. The summed E-state index contributed by atoms with van der Waals surface area (Å²) in [6.07, 6.45) is 0.272. The monoisotopic (exact) mass is 392 g/mol. The zero-order valence-corrected chi connectivity index (χ0v) is 15.9. The largest absolute Gasteiger partial charge is 0.497 e. The molecule has 4 rings (SSSR count). The van der Waals surface area contributed by atoms with E-state index < -0.39 is 0 Å². The number of carbonyl (C=O) groups excluding carboxylic acids is 1. The van der Waals surface area contributed by atoms with E-state index in [4.69, 9.17) is 20.8 Å². The molecule has 28 heavy (non-hydrogen) atoms. The van der Waals surface area contributed by atoms with Crippen molar-refractivity contribution in [3.8, 4) is 17.2 Å². The van der Waals surface area contributed by atoms with Gasteiger partial charge in [0.15, 0.2) is 5.58 Å². The number of hydrogen-bond acceptors (Lipinski definition) is 4. The average Bonchev–Trinajstić information content (AvgIpc) is 3.12. The number of nitrogens with one attached hydrogen (secondary N) is 1. The molecule has 0 unspecified atom stereocenters. The molecule has 1 aromatic heterocycles. The minimum absolute atomic E-state index is 0.108. The summed E-state index contributed by atoms with van der Waals surface area (Å²) in [7, 11) is 1.61. The second kappa shape index (κ2) is 7.74. The van der Waals surface area contributed by atoms with E-state index in [1.54, 1.807) is 37.4 Å². The second-order valence-electron chi connectivity index (χ2n) is 6.28. The van der Waals surface area contributed by atoms with Crippen LogP contribution in [0.25, 0.3) is 22.6 Å². The van der Waals surface area contributed by atoms with Crippen LogP contribution in [0.5, 0.6) is 5.75 Å². The Hall–Kier alpha value is -3.31. The Labute approximate surface area is 166 Å². The molecule has 0 aliphatic carbocycles. The van der Waals surface area contributed by atoms with Gasteiger partial charge in [0, 0.05) is 16.3 Å². The van der Waals surface area contributed by atoms with Gasteiger partial charge in [-0.05, 0) is 54.1 Å². The molecule has 1 N–H and O–H groups in total. The van der Waals surface area contributed by atoms with Gasteiger partial charge in [-0.25, -0.2) is 4.98 Å². The summed E-state index contributed by atoms with van der Waals surface area (Å²) >= 11 is 6.04. The molecule has 0 atom stereocenters. The number of hydrogen-bond donors (Lipinski definition) is 1. The maximum Gasteiger partial charge on any atom is 0.228 e. The first kappa shape index (κ1) is 18.1. The number of anilines is 1. The van der Waals surface area contributed by atoms with Crippen LogP contribution in [0.1, 0.15) is 5.56 Å². The van der Waals surface area contributed by atoms with Gasteiger partial charge in [-0.2, -0.15) is 0 Å². The fourth-order valence-corrected chi connectivity index (χ4v) is 3.07. The molecule has 0 bridgehead atoms. The molecule has 0 saturated heterocycles.